The minimum atomic E-state index is -4.63. The average Bonchev–Trinajstić information content (AvgIpc) is 2.81. The maximum Gasteiger partial charge on any atom is 0.449 e. The highest BCUT2D eigenvalue weighted by Crippen LogP contribution is 2.60. The Morgan fingerprint density at radius 2 is 2.08 bits per heavy atom. The second-order valence-corrected chi connectivity index (χ2v) is 7.60. The van der Waals surface area contributed by atoms with Gasteiger partial charge < -0.3 is 14.2 Å². The first-order valence-corrected chi connectivity index (χ1v) is 9.00. The zero-order chi connectivity index (χ0) is 18.6. The van der Waals surface area contributed by atoms with Crippen LogP contribution in [0, 0.1) is 11.8 Å². The van der Waals surface area contributed by atoms with Crippen molar-refractivity contribution in [2.75, 3.05) is 13.2 Å². The molecule has 2 bridgehead atoms. The van der Waals surface area contributed by atoms with Crippen LogP contribution in [0.3, 0.4) is 0 Å². The summed E-state index contributed by atoms with van der Waals surface area (Å²) in [6, 6.07) is 0. The lowest BCUT2D eigenvalue weighted by Gasteiger charge is -2.56. The van der Waals surface area contributed by atoms with E-state index < -0.39 is 35.5 Å². The molecule has 8 heteroatoms. The lowest BCUT2D eigenvalue weighted by Crippen LogP contribution is -2.66. The van der Waals surface area contributed by atoms with Gasteiger partial charge in [0.15, 0.2) is 5.60 Å². The van der Waals surface area contributed by atoms with Crippen molar-refractivity contribution in [2.24, 2.45) is 11.8 Å². The van der Waals surface area contributed by atoms with E-state index in [1.165, 1.54) is 6.08 Å². The van der Waals surface area contributed by atoms with Gasteiger partial charge in [-0.3, -0.25) is 0 Å². The first-order chi connectivity index (χ1) is 12.3. The van der Waals surface area contributed by atoms with Crippen molar-refractivity contribution in [3.05, 3.63) is 24.0 Å². The van der Waals surface area contributed by atoms with Crippen LogP contribution in [0.5, 0.6) is 0 Å². The molecule has 3 saturated heterocycles. The van der Waals surface area contributed by atoms with Crippen LogP contribution in [0.1, 0.15) is 39.0 Å². The molecule has 0 radical (unpaired) electrons. The molecule has 5 rings (SSSR count). The first-order valence-electron chi connectivity index (χ1n) is 9.00. The van der Waals surface area contributed by atoms with E-state index in [1.54, 1.807) is 6.92 Å². The molecule has 0 amide bonds. The predicted octanol–water partition coefficient (Wildman–Crippen LogP) is 4.01. The van der Waals surface area contributed by atoms with Crippen LogP contribution in [0.2, 0.25) is 0 Å². The fourth-order valence-corrected chi connectivity index (χ4v) is 4.80. The van der Waals surface area contributed by atoms with E-state index in [9.17, 15) is 13.2 Å². The Balaban J connectivity index is 1.79. The van der Waals surface area contributed by atoms with Crippen molar-refractivity contribution in [2.45, 2.75) is 62.9 Å². The molecule has 5 atom stereocenters. The van der Waals surface area contributed by atoms with E-state index in [0.29, 0.717) is 12.8 Å². The molecule has 5 aliphatic rings. The lowest BCUT2D eigenvalue weighted by atomic mass is 9.63. The number of halogens is 3. The number of hydrogen-bond donors (Lipinski definition) is 0. The second-order valence-electron chi connectivity index (χ2n) is 7.60. The average molecular weight is 376 g/mol. The van der Waals surface area contributed by atoms with Gasteiger partial charge in [-0.05, 0) is 32.1 Å². The maximum atomic E-state index is 13.7. The zero-order valence-electron chi connectivity index (χ0n) is 14.6. The third-order valence-corrected chi connectivity index (χ3v) is 5.95. The maximum absolute atomic E-state index is 13.7. The fraction of sp³-hybridized carbons (Fsp3) is 0.778. The van der Waals surface area contributed by atoms with Crippen molar-refractivity contribution in [3.63, 3.8) is 0 Å². The monoisotopic (exact) mass is 376 g/mol. The first kappa shape index (κ1) is 18.3. The Hall–Kier alpha value is -1.09. The van der Waals surface area contributed by atoms with E-state index in [4.69, 9.17) is 24.0 Å². The van der Waals surface area contributed by atoms with Crippen molar-refractivity contribution >= 4 is 0 Å². The van der Waals surface area contributed by atoms with E-state index in [-0.39, 0.29) is 24.7 Å². The van der Waals surface area contributed by atoms with Crippen LogP contribution >= 0.6 is 0 Å². The molecular formula is C18H23F3O5. The van der Waals surface area contributed by atoms with Gasteiger partial charge >= 0.3 is 6.18 Å². The molecular weight excluding hydrogens is 353 g/mol. The summed E-state index contributed by atoms with van der Waals surface area (Å²) in [6.07, 6.45) is -0.738. The van der Waals surface area contributed by atoms with E-state index in [2.05, 4.69) is 6.58 Å². The summed E-state index contributed by atoms with van der Waals surface area (Å²) in [4.78, 5) is 11.4. The number of fused-ring (bicyclic) bond motifs is 2. The van der Waals surface area contributed by atoms with Gasteiger partial charge in [0.2, 0.25) is 17.8 Å². The number of ether oxygens (including phenoxy) is 3. The standard InChI is InChI=1S/C18H23F3O5/c1-3-9-22-10-12-13-6-4-5-11-7-8-16(2)24-15(17(11,13)26-25-16)23-14(12)18(19,20)21/h3,11,13,15H,1,4-10H2,2H3/t11?,13-,15?,16-,17+/m0/s1. The van der Waals surface area contributed by atoms with Gasteiger partial charge in [-0.15, -0.1) is 6.58 Å². The molecule has 0 aromatic carbocycles. The summed E-state index contributed by atoms with van der Waals surface area (Å²) in [6.45, 7) is 5.18. The summed E-state index contributed by atoms with van der Waals surface area (Å²) < 4.78 is 57.9. The van der Waals surface area contributed by atoms with Gasteiger partial charge in [0.25, 0.3) is 0 Å². The Morgan fingerprint density at radius 1 is 1.27 bits per heavy atom. The van der Waals surface area contributed by atoms with Gasteiger partial charge in [0, 0.05) is 17.9 Å². The molecule has 4 fully saturated rings. The highest BCUT2D eigenvalue weighted by molar-refractivity contribution is 5.28. The van der Waals surface area contributed by atoms with Crippen LogP contribution in [-0.4, -0.2) is 37.1 Å². The van der Waals surface area contributed by atoms with Gasteiger partial charge in [-0.1, -0.05) is 12.5 Å². The molecule has 146 valence electrons. The van der Waals surface area contributed by atoms with Gasteiger partial charge in [-0.25, -0.2) is 9.78 Å². The molecule has 1 aliphatic carbocycles. The third-order valence-electron chi connectivity index (χ3n) is 5.95. The van der Waals surface area contributed by atoms with Crippen molar-refractivity contribution in [1.82, 2.24) is 0 Å². The number of alkyl halides is 3. The molecule has 2 unspecified atom stereocenters. The van der Waals surface area contributed by atoms with E-state index in [1.807, 2.05) is 0 Å². The second kappa shape index (κ2) is 6.22. The summed E-state index contributed by atoms with van der Waals surface area (Å²) in [5.41, 5.74) is -0.978. The molecule has 4 aliphatic heterocycles. The minimum absolute atomic E-state index is 0.0137. The molecule has 1 spiro atoms. The summed E-state index contributed by atoms with van der Waals surface area (Å²) in [7, 11) is 0. The molecule has 1 saturated carbocycles. The number of hydrogen-bond acceptors (Lipinski definition) is 5. The van der Waals surface area contributed by atoms with Crippen molar-refractivity contribution in [1.29, 1.82) is 0 Å². The normalized spacial score (nSPS) is 42.1. The summed E-state index contributed by atoms with van der Waals surface area (Å²) >= 11 is 0. The van der Waals surface area contributed by atoms with Gasteiger partial charge in [0.05, 0.1) is 13.2 Å². The Morgan fingerprint density at radius 3 is 2.81 bits per heavy atom. The van der Waals surface area contributed by atoms with Crippen molar-refractivity contribution in [3.8, 4) is 0 Å². The fourth-order valence-electron chi connectivity index (χ4n) is 4.80. The lowest BCUT2D eigenvalue weighted by molar-refractivity contribution is -0.556. The minimum Gasteiger partial charge on any atom is -0.456 e. The van der Waals surface area contributed by atoms with Crippen LogP contribution in [0.15, 0.2) is 24.0 Å². The highest BCUT2D eigenvalue weighted by Gasteiger charge is 2.69. The quantitative estimate of drug-likeness (QED) is 0.422. The topological polar surface area (TPSA) is 46.2 Å². The van der Waals surface area contributed by atoms with E-state index in [0.717, 1.165) is 19.3 Å². The summed E-state index contributed by atoms with van der Waals surface area (Å²) in [5, 5.41) is 0. The smallest absolute Gasteiger partial charge is 0.449 e. The molecule has 4 heterocycles. The van der Waals surface area contributed by atoms with Gasteiger partial charge in [-0.2, -0.15) is 13.2 Å². The molecule has 5 nitrogen and oxygen atoms in total. The molecule has 26 heavy (non-hydrogen) atoms. The summed E-state index contributed by atoms with van der Waals surface area (Å²) in [5.74, 6) is -2.61. The third kappa shape index (κ3) is 2.69. The predicted molar refractivity (Wildman–Crippen MR) is 83.4 cm³/mol. The molecule has 0 aromatic heterocycles. The van der Waals surface area contributed by atoms with Crippen LogP contribution in [0.4, 0.5) is 13.2 Å². The number of rotatable bonds is 4. The zero-order valence-corrected chi connectivity index (χ0v) is 14.6. The van der Waals surface area contributed by atoms with Crippen LogP contribution in [-0.2, 0) is 24.0 Å². The Bertz CT molecular complexity index is 618. The Labute approximate surface area is 150 Å². The Kier molecular flexibility index (Phi) is 4.38. The largest absolute Gasteiger partial charge is 0.456 e. The van der Waals surface area contributed by atoms with Crippen LogP contribution < -0.4 is 0 Å². The van der Waals surface area contributed by atoms with Crippen LogP contribution in [0.25, 0.3) is 0 Å². The van der Waals surface area contributed by atoms with Gasteiger partial charge in [0.1, 0.15) is 0 Å². The van der Waals surface area contributed by atoms with Crippen molar-refractivity contribution < 1.29 is 37.2 Å². The SMILES string of the molecule is C=CCOCC1=C(C(F)(F)F)OC2O[C@]3(C)CCC4CCC[C@@H]1[C@]42OO3. The van der Waals surface area contributed by atoms with E-state index >= 15 is 0 Å². The molecule has 0 aromatic rings. The highest BCUT2D eigenvalue weighted by atomic mass is 19.4. The molecule has 0 N–H and O–H groups in total. The number of allylic oxidation sites excluding steroid dienone is 1.